The molecule has 0 saturated carbocycles. The number of halogens is 3. The van der Waals surface area contributed by atoms with Gasteiger partial charge in [-0.1, -0.05) is 43.1 Å². The van der Waals surface area contributed by atoms with Crippen molar-refractivity contribution >= 4 is 57.4 Å². The van der Waals surface area contributed by atoms with Crippen LogP contribution in [-0.4, -0.2) is 46.5 Å². The van der Waals surface area contributed by atoms with Gasteiger partial charge in [0.2, 0.25) is 6.29 Å². The van der Waals surface area contributed by atoms with Crippen LogP contribution in [0.3, 0.4) is 0 Å². The van der Waals surface area contributed by atoms with Crippen molar-refractivity contribution in [2.75, 3.05) is 13.2 Å². The average molecular weight is 540 g/mol. The van der Waals surface area contributed by atoms with Crippen LogP contribution in [0.2, 0.25) is 10.3 Å². The molecule has 2 aromatic rings. The molecule has 2 rings (SSSR count). The predicted octanol–water partition coefficient (Wildman–Crippen LogP) is 4.60. The molecular formula is C20H25BrCl2N2O6. The lowest BCUT2D eigenvalue weighted by molar-refractivity contribution is -0.153. The number of aldehydes is 1. The molecule has 1 N–H and O–H groups in total. The maximum atomic E-state index is 11.1. The third-order valence-corrected chi connectivity index (χ3v) is 4.17. The normalized spacial score (nSPS) is 9.81. The Balaban J connectivity index is 0. The van der Waals surface area contributed by atoms with Gasteiger partial charge in [-0.3, -0.25) is 4.79 Å². The maximum Gasteiger partial charge on any atom is 0.371 e. The van der Waals surface area contributed by atoms with E-state index in [0.717, 1.165) is 4.47 Å². The first kappa shape index (κ1) is 31.1. The number of pyridine rings is 2. The summed E-state index contributed by atoms with van der Waals surface area (Å²) in [5, 5.41) is 10.1. The molecule has 0 radical (unpaired) electrons. The molecule has 31 heavy (non-hydrogen) atoms. The van der Waals surface area contributed by atoms with Crippen LogP contribution in [0.1, 0.15) is 39.4 Å². The smallest absolute Gasteiger partial charge is 0.371 e. The summed E-state index contributed by atoms with van der Waals surface area (Å²) < 4.78 is 9.66. The summed E-state index contributed by atoms with van der Waals surface area (Å²) in [6.45, 7) is 7.78. The zero-order chi connectivity index (χ0) is 24.2. The van der Waals surface area contributed by atoms with Crippen LogP contribution in [0.5, 0.6) is 0 Å². The summed E-state index contributed by atoms with van der Waals surface area (Å²) >= 11 is 14.4. The Bertz CT molecular complexity index is 775. The SMILES string of the molecule is CC.CCOC(=O)C(O)c1cccnc1Cl.CCOC(=O)C=O.Clc1ncccc1Br. The minimum absolute atomic E-state index is 0.105. The summed E-state index contributed by atoms with van der Waals surface area (Å²) in [6, 6.07) is 6.77. The van der Waals surface area contributed by atoms with E-state index in [4.69, 9.17) is 23.2 Å². The second kappa shape index (κ2) is 19.9. The first-order chi connectivity index (χ1) is 14.8. The molecule has 0 aromatic carbocycles. The summed E-state index contributed by atoms with van der Waals surface area (Å²) in [5.74, 6) is -1.52. The fourth-order valence-electron chi connectivity index (χ4n) is 1.49. The molecule has 0 saturated heterocycles. The number of nitrogens with zero attached hydrogens (tertiary/aromatic N) is 2. The van der Waals surface area contributed by atoms with Crippen molar-refractivity contribution in [1.29, 1.82) is 0 Å². The fraction of sp³-hybridized carbons (Fsp3) is 0.350. The molecule has 172 valence electrons. The van der Waals surface area contributed by atoms with E-state index in [1.54, 1.807) is 26.1 Å². The quantitative estimate of drug-likeness (QED) is 0.253. The van der Waals surface area contributed by atoms with Crippen LogP contribution in [-0.2, 0) is 23.9 Å². The standard InChI is InChI=1S/C9H10ClNO3.C5H3BrClN.C4H6O3.C2H6/c1-2-14-9(13)7(12)6-4-3-5-11-8(6)10;6-4-2-1-3-8-5(4)7;1-2-7-4(6)3-5;1-2/h3-5,7,12H,2H2,1H3;1-3H;3H,2H2,1H3;1-2H3. The molecule has 11 heteroatoms. The van der Waals surface area contributed by atoms with Crippen LogP contribution in [0.4, 0.5) is 0 Å². The van der Waals surface area contributed by atoms with E-state index >= 15 is 0 Å². The molecule has 2 heterocycles. The van der Waals surface area contributed by atoms with Gasteiger partial charge in [0.05, 0.1) is 17.7 Å². The number of ether oxygens (including phenoxy) is 2. The van der Waals surface area contributed by atoms with Crippen molar-refractivity contribution in [3.63, 3.8) is 0 Å². The number of esters is 2. The van der Waals surface area contributed by atoms with Crippen LogP contribution in [0.15, 0.2) is 41.1 Å². The molecule has 0 bridgehead atoms. The van der Waals surface area contributed by atoms with Gasteiger partial charge in [-0.25, -0.2) is 19.6 Å². The Hall–Kier alpha value is -2.07. The Morgan fingerprint density at radius 1 is 1.06 bits per heavy atom. The molecule has 1 atom stereocenters. The summed E-state index contributed by atoms with van der Waals surface area (Å²) in [6.07, 6.45) is 1.90. The number of rotatable bonds is 5. The molecule has 0 aliphatic heterocycles. The van der Waals surface area contributed by atoms with Crippen LogP contribution in [0, 0.1) is 0 Å². The largest absolute Gasteiger partial charge is 0.464 e. The van der Waals surface area contributed by atoms with E-state index < -0.39 is 18.0 Å². The van der Waals surface area contributed by atoms with Crippen molar-refractivity contribution in [2.24, 2.45) is 0 Å². The van der Waals surface area contributed by atoms with Crippen LogP contribution in [0.25, 0.3) is 0 Å². The van der Waals surface area contributed by atoms with E-state index in [2.05, 4.69) is 35.4 Å². The van der Waals surface area contributed by atoms with Crippen LogP contribution >= 0.6 is 39.1 Å². The predicted molar refractivity (Wildman–Crippen MR) is 122 cm³/mol. The minimum atomic E-state index is -1.36. The van der Waals surface area contributed by atoms with Gasteiger partial charge < -0.3 is 14.6 Å². The van der Waals surface area contributed by atoms with Crippen molar-refractivity contribution in [1.82, 2.24) is 9.97 Å². The molecule has 0 fully saturated rings. The summed E-state index contributed by atoms with van der Waals surface area (Å²) in [4.78, 5) is 37.9. The van der Waals surface area contributed by atoms with Gasteiger partial charge in [0.25, 0.3) is 0 Å². The number of carbonyl (C=O) groups excluding carboxylic acids is 3. The highest BCUT2D eigenvalue weighted by atomic mass is 79.9. The minimum Gasteiger partial charge on any atom is -0.464 e. The third-order valence-electron chi connectivity index (χ3n) is 2.69. The summed E-state index contributed by atoms with van der Waals surface area (Å²) in [7, 11) is 0. The second-order valence-corrected chi connectivity index (χ2v) is 6.25. The zero-order valence-corrected chi connectivity index (χ0v) is 20.6. The first-order valence-corrected chi connectivity index (χ1v) is 10.7. The second-order valence-electron chi connectivity index (χ2n) is 4.68. The van der Waals surface area contributed by atoms with E-state index in [0.29, 0.717) is 5.15 Å². The van der Waals surface area contributed by atoms with E-state index in [1.807, 2.05) is 26.0 Å². The van der Waals surface area contributed by atoms with Gasteiger partial charge in [0.15, 0.2) is 6.10 Å². The van der Waals surface area contributed by atoms with Gasteiger partial charge in [0.1, 0.15) is 10.3 Å². The monoisotopic (exact) mass is 538 g/mol. The molecule has 0 aliphatic rings. The van der Waals surface area contributed by atoms with Gasteiger partial charge in [0, 0.05) is 18.0 Å². The highest BCUT2D eigenvalue weighted by molar-refractivity contribution is 9.10. The van der Waals surface area contributed by atoms with Crippen molar-refractivity contribution in [2.45, 2.75) is 33.8 Å². The van der Waals surface area contributed by atoms with E-state index in [-0.39, 0.29) is 30.2 Å². The Labute approximate surface area is 200 Å². The van der Waals surface area contributed by atoms with E-state index in [9.17, 15) is 19.5 Å². The molecule has 8 nitrogen and oxygen atoms in total. The lowest BCUT2D eigenvalue weighted by Gasteiger charge is -2.10. The molecule has 1 unspecified atom stereocenters. The fourth-order valence-corrected chi connectivity index (χ4v) is 2.09. The topological polar surface area (TPSA) is 116 Å². The molecule has 2 aromatic heterocycles. The van der Waals surface area contributed by atoms with Crippen molar-refractivity contribution in [3.05, 3.63) is 57.0 Å². The number of hydrogen-bond acceptors (Lipinski definition) is 8. The van der Waals surface area contributed by atoms with Gasteiger partial charge in [-0.15, -0.1) is 0 Å². The highest BCUT2D eigenvalue weighted by Gasteiger charge is 2.21. The Kier molecular flexibility index (Phi) is 19.9. The molecule has 0 amide bonds. The number of carbonyl (C=O) groups is 3. The average Bonchev–Trinajstić information content (AvgIpc) is 2.78. The Morgan fingerprint density at radius 3 is 1.94 bits per heavy atom. The lowest BCUT2D eigenvalue weighted by atomic mass is 10.2. The first-order valence-electron chi connectivity index (χ1n) is 9.11. The molecular weight excluding hydrogens is 515 g/mol. The number of aliphatic hydroxyl groups is 1. The van der Waals surface area contributed by atoms with Crippen LogP contribution < -0.4 is 0 Å². The van der Waals surface area contributed by atoms with Gasteiger partial charge >= 0.3 is 11.9 Å². The summed E-state index contributed by atoms with van der Waals surface area (Å²) in [5.41, 5.74) is 0.257. The highest BCUT2D eigenvalue weighted by Crippen LogP contribution is 2.21. The Morgan fingerprint density at radius 2 is 1.58 bits per heavy atom. The van der Waals surface area contributed by atoms with Gasteiger partial charge in [-0.05, 0) is 48.0 Å². The number of aliphatic hydroxyl groups excluding tert-OH is 1. The molecule has 0 aliphatic carbocycles. The van der Waals surface area contributed by atoms with Crippen molar-refractivity contribution < 1.29 is 29.0 Å². The maximum absolute atomic E-state index is 11.1. The number of aromatic nitrogens is 2. The van der Waals surface area contributed by atoms with Crippen molar-refractivity contribution in [3.8, 4) is 0 Å². The third kappa shape index (κ3) is 14.5. The van der Waals surface area contributed by atoms with E-state index in [1.165, 1.54) is 12.3 Å². The van der Waals surface area contributed by atoms with Gasteiger partial charge in [-0.2, -0.15) is 0 Å². The number of hydrogen-bond donors (Lipinski definition) is 1. The lowest BCUT2D eigenvalue weighted by Crippen LogP contribution is -2.15. The zero-order valence-electron chi connectivity index (χ0n) is 17.5. The molecule has 0 spiro atoms.